The Hall–Kier alpha value is -1.14. The lowest BCUT2D eigenvalue weighted by Crippen LogP contribution is -2.58. The lowest BCUT2D eigenvalue weighted by Gasteiger charge is -2.41. The van der Waals surface area contributed by atoms with E-state index in [1.807, 2.05) is 11.8 Å². The number of piperazine rings is 1. The molecular formula is C23H42N4O2. The van der Waals surface area contributed by atoms with E-state index in [9.17, 15) is 9.59 Å². The average Bonchev–Trinajstić information content (AvgIpc) is 3.28. The fraction of sp³-hybridized carbons (Fsp3) is 0.913. The molecule has 3 aliphatic rings. The van der Waals surface area contributed by atoms with E-state index in [0.29, 0.717) is 5.92 Å². The summed E-state index contributed by atoms with van der Waals surface area (Å²) in [5, 5.41) is 3.26. The first-order valence-corrected chi connectivity index (χ1v) is 12.1. The Balaban J connectivity index is 1.52. The quantitative estimate of drug-likeness (QED) is 0.672. The fourth-order valence-corrected chi connectivity index (χ4v) is 5.28. The van der Waals surface area contributed by atoms with E-state index in [4.69, 9.17) is 0 Å². The van der Waals surface area contributed by atoms with Crippen molar-refractivity contribution in [1.29, 1.82) is 0 Å². The zero-order chi connectivity index (χ0) is 20.6. The second kappa shape index (κ2) is 11.3. The summed E-state index contributed by atoms with van der Waals surface area (Å²) in [4.78, 5) is 32.6. The minimum atomic E-state index is -0.0142. The molecule has 6 nitrogen and oxygen atoms in total. The van der Waals surface area contributed by atoms with Gasteiger partial charge in [0.25, 0.3) is 0 Å². The predicted molar refractivity (Wildman–Crippen MR) is 117 cm³/mol. The maximum absolute atomic E-state index is 13.2. The Bertz CT molecular complexity index is 521. The molecule has 0 spiro atoms. The number of carbonyl (C=O) groups excluding carboxylic acids is 2. The Kier molecular flexibility index (Phi) is 8.79. The summed E-state index contributed by atoms with van der Waals surface area (Å²) in [6.07, 6.45) is 9.63. The summed E-state index contributed by atoms with van der Waals surface area (Å²) < 4.78 is 0. The van der Waals surface area contributed by atoms with Crippen molar-refractivity contribution in [1.82, 2.24) is 20.0 Å². The Morgan fingerprint density at radius 2 is 1.59 bits per heavy atom. The Morgan fingerprint density at radius 3 is 2.21 bits per heavy atom. The lowest BCUT2D eigenvalue weighted by molar-refractivity contribution is -0.138. The summed E-state index contributed by atoms with van der Waals surface area (Å²) in [6.45, 7) is 11.3. The molecular weight excluding hydrogens is 364 g/mol. The van der Waals surface area contributed by atoms with Crippen molar-refractivity contribution in [2.75, 3.05) is 52.4 Å². The van der Waals surface area contributed by atoms with Crippen molar-refractivity contribution in [3.05, 3.63) is 0 Å². The van der Waals surface area contributed by atoms with Crippen LogP contribution in [0.1, 0.15) is 65.2 Å². The predicted octanol–water partition coefficient (Wildman–Crippen LogP) is 2.34. The zero-order valence-electron chi connectivity index (χ0n) is 18.7. The highest BCUT2D eigenvalue weighted by Crippen LogP contribution is 2.31. The van der Waals surface area contributed by atoms with Gasteiger partial charge in [-0.1, -0.05) is 33.1 Å². The van der Waals surface area contributed by atoms with Crippen LogP contribution in [-0.4, -0.2) is 84.9 Å². The van der Waals surface area contributed by atoms with Crippen LogP contribution in [0, 0.1) is 11.8 Å². The smallest absolute Gasteiger partial charge is 0.237 e. The third kappa shape index (κ3) is 6.17. The number of piperidine rings is 1. The first-order valence-electron chi connectivity index (χ1n) is 12.1. The number of hydrogen-bond donors (Lipinski definition) is 1. The molecule has 2 heterocycles. The lowest BCUT2D eigenvalue weighted by atomic mass is 9.94. The highest BCUT2D eigenvalue weighted by molar-refractivity contribution is 5.82. The first-order chi connectivity index (χ1) is 14.1. The molecule has 0 aromatic carbocycles. The molecule has 1 saturated carbocycles. The van der Waals surface area contributed by atoms with Gasteiger partial charge < -0.3 is 15.1 Å². The summed E-state index contributed by atoms with van der Waals surface area (Å²) >= 11 is 0. The van der Waals surface area contributed by atoms with E-state index >= 15 is 0 Å². The molecule has 166 valence electrons. The highest BCUT2D eigenvalue weighted by atomic mass is 16.2. The molecule has 6 heteroatoms. The molecule has 3 rings (SSSR count). The van der Waals surface area contributed by atoms with Crippen molar-refractivity contribution in [3.8, 4) is 0 Å². The molecule has 0 bridgehead atoms. The minimum absolute atomic E-state index is 0.0142. The molecule has 2 atom stereocenters. The zero-order valence-corrected chi connectivity index (χ0v) is 18.7. The van der Waals surface area contributed by atoms with E-state index in [-0.39, 0.29) is 23.8 Å². The summed E-state index contributed by atoms with van der Waals surface area (Å²) in [5.41, 5.74) is 0. The van der Waals surface area contributed by atoms with Gasteiger partial charge in [-0.2, -0.15) is 0 Å². The number of carbonyl (C=O) groups is 2. The van der Waals surface area contributed by atoms with Crippen LogP contribution < -0.4 is 5.32 Å². The van der Waals surface area contributed by atoms with E-state index < -0.39 is 0 Å². The van der Waals surface area contributed by atoms with Gasteiger partial charge in [-0.25, -0.2) is 0 Å². The second-order valence-electron chi connectivity index (χ2n) is 9.35. The third-order valence-electron chi connectivity index (χ3n) is 7.34. The van der Waals surface area contributed by atoms with E-state index in [1.54, 1.807) is 0 Å². The largest absolute Gasteiger partial charge is 0.353 e. The normalized spacial score (nSPS) is 24.4. The number of hydrogen-bond acceptors (Lipinski definition) is 4. The maximum Gasteiger partial charge on any atom is 0.237 e. The molecule has 2 aliphatic heterocycles. The Labute approximate surface area is 177 Å². The van der Waals surface area contributed by atoms with E-state index in [0.717, 1.165) is 58.5 Å². The highest BCUT2D eigenvalue weighted by Gasteiger charge is 2.37. The van der Waals surface area contributed by atoms with Crippen LogP contribution in [0.5, 0.6) is 0 Å². The number of rotatable bonds is 8. The summed E-state index contributed by atoms with van der Waals surface area (Å²) in [7, 11) is 0. The standard InChI is InChI=1S/C23H42N4O2/c1-3-19(2)23(29)27-17-15-26(16-18-27)21(20-9-5-6-10-20)22(28)24-11-14-25-12-7-4-8-13-25/h19-21H,3-18H2,1-2H3,(H,24,28)/t19-,21+/m1/s1. The average molecular weight is 407 g/mol. The Morgan fingerprint density at radius 1 is 0.931 bits per heavy atom. The van der Waals surface area contributed by atoms with Crippen molar-refractivity contribution in [2.24, 2.45) is 11.8 Å². The van der Waals surface area contributed by atoms with Gasteiger partial charge >= 0.3 is 0 Å². The van der Waals surface area contributed by atoms with Crippen LogP contribution >= 0.6 is 0 Å². The van der Waals surface area contributed by atoms with Gasteiger partial charge in [0.15, 0.2) is 0 Å². The van der Waals surface area contributed by atoms with E-state index in [2.05, 4.69) is 22.0 Å². The van der Waals surface area contributed by atoms with Gasteiger partial charge in [-0.05, 0) is 51.1 Å². The van der Waals surface area contributed by atoms with Gasteiger partial charge in [-0.15, -0.1) is 0 Å². The van der Waals surface area contributed by atoms with Gasteiger partial charge in [0.05, 0.1) is 6.04 Å². The molecule has 0 radical (unpaired) electrons. The van der Waals surface area contributed by atoms with Crippen LogP contribution in [0.4, 0.5) is 0 Å². The molecule has 2 amide bonds. The molecule has 29 heavy (non-hydrogen) atoms. The summed E-state index contributed by atoms with van der Waals surface area (Å²) in [5.74, 6) is 1.07. The van der Waals surface area contributed by atoms with Gasteiger partial charge in [-0.3, -0.25) is 14.5 Å². The number of nitrogens with one attached hydrogen (secondary N) is 1. The second-order valence-corrected chi connectivity index (χ2v) is 9.35. The molecule has 0 unspecified atom stereocenters. The first kappa shape index (κ1) is 22.5. The molecule has 0 aromatic rings. The topological polar surface area (TPSA) is 55.9 Å². The molecule has 0 aromatic heterocycles. The third-order valence-corrected chi connectivity index (χ3v) is 7.34. The maximum atomic E-state index is 13.2. The fourth-order valence-electron chi connectivity index (χ4n) is 5.28. The van der Waals surface area contributed by atoms with Crippen LogP contribution in [0.2, 0.25) is 0 Å². The van der Waals surface area contributed by atoms with Gasteiger partial charge in [0, 0.05) is 45.2 Å². The number of nitrogens with zero attached hydrogens (tertiary/aromatic N) is 3. The van der Waals surface area contributed by atoms with E-state index in [1.165, 1.54) is 45.2 Å². The number of amides is 2. The van der Waals surface area contributed by atoms with Crippen molar-refractivity contribution < 1.29 is 9.59 Å². The van der Waals surface area contributed by atoms with Crippen molar-refractivity contribution in [3.63, 3.8) is 0 Å². The molecule has 1 N–H and O–H groups in total. The number of likely N-dealkylation sites (tertiary alicyclic amines) is 1. The molecule has 2 saturated heterocycles. The van der Waals surface area contributed by atoms with Gasteiger partial charge in [0.2, 0.25) is 11.8 Å². The van der Waals surface area contributed by atoms with Crippen LogP contribution in [0.3, 0.4) is 0 Å². The molecule has 3 fully saturated rings. The van der Waals surface area contributed by atoms with Crippen LogP contribution in [0.25, 0.3) is 0 Å². The SMILES string of the molecule is CC[C@@H](C)C(=O)N1CCN([C@H](C(=O)NCCN2CCCCC2)C2CCCC2)CC1. The van der Waals surface area contributed by atoms with Crippen LogP contribution in [-0.2, 0) is 9.59 Å². The summed E-state index contributed by atoms with van der Waals surface area (Å²) in [6, 6.07) is -0.0142. The van der Waals surface area contributed by atoms with Crippen molar-refractivity contribution in [2.45, 2.75) is 71.3 Å². The van der Waals surface area contributed by atoms with Crippen molar-refractivity contribution >= 4 is 11.8 Å². The monoisotopic (exact) mass is 406 g/mol. The minimum Gasteiger partial charge on any atom is -0.353 e. The van der Waals surface area contributed by atoms with Gasteiger partial charge in [0.1, 0.15) is 0 Å². The van der Waals surface area contributed by atoms with Crippen LogP contribution in [0.15, 0.2) is 0 Å². The molecule has 1 aliphatic carbocycles.